The molecule has 88 valence electrons. The Bertz CT molecular complexity index is 411. The summed E-state index contributed by atoms with van der Waals surface area (Å²) in [5.41, 5.74) is -0.744. The maximum absolute atomic E-state index is 10.8. The van der Waals surface area contributed by atoms with Crippen LogP contribution in [0.4, 0.5) is 5.82 Å². The summed E-state index contributed by atoms with van der Waals surface area (Å²) in [4.78, 5) is 20.6. The minimum absolute atomic E-state index is 0.223. The summed E-state index contributed by atoms with van der Waals surface area (Å²) in [6, 6.07) is 1.30. The largest absolute Gasteiger partial charge is 0.458 e. The Morgan fingerprint density at radius 3 is 2.75 bits per heavy atom. The van der Waals surface area contributed by atoms with E-state index in [1.165, 1.54) is 23.9 Å². The summed E-state index contributed by atoms with van der Waals surface area (Å²) < 4.78 is 6.42. The lowest BCUT2D eigenvalue weighted by molar-refractivity contribution is -0.389. The quantitative estimate of drug-likeness (QED) is 0.437. The van der Waals surface area contributed by atoms with Crippen LogP contribution in [0, 0.1) is 10.1 Å². The van der Waals surface area contributed by atoms with E-state index in [1.54, 1.807) is 13.8 Å². The molecule has 0 saturated heterocycles. The van der Waals surface area contributed by atoms with Gasteiger partial charge < -0.3 is 14.9 Å². The van der Waals surface area contributed by atoms with Crippen molar-refractivity contribution in [1.29, 1.82) is 0 Å². The van der Waals surface area contributed by atoms with Crippen LogP contribution < -0.4 is 0 Å². The van der Waals surface area contributed by atoms with Crippen LogP contribution in [0.25, 0.3) is 0 Å². The number of esters is 1. The summed E-state index contributed by atoms with van der Waals surface area (Å²) in [7, 11) is 0. The van der Waals surface area contributed by atoms with Gasteiger partial charge in [0.2, 0.25) is 0 Å². The van der Waals surface area contributed by atoms with Gasteiger partial charge in [-0.2, -0.15) is 4.68 Å². The summed E-state index contributed by atoms with van der Waals surface area (Å²) in [6.07, 6.45) is 1.48. The highest BCUT2D eigenvalue weighted by Crippen LogP contribution is 2.14. The molecule has 0 aromatic carbocycles. The number of aromatic nitrogens is 2. The van der Waals surface area contributed by atoms with Crippen molar-refractivity contribution in [1.82, 2.24) is 9.78 Å². The van der Waals surface area contributed by atoms with Crippen molar-refractivity contribution in [2.45, 2.75) is 32.9 Å². The molecule has 0 unspecified atom stereocenters. The molecule has 0 aliphatic heterocycles. The van der Waals surface area contributed by atoms with Crippen molar-refractivity contribution in [3.63, 3.8) is 0 Å². The molecule has 0 amide bonds. The summed E-state index contributed by atoms with van der Waals surface area (Å²) in [5, 5.41) is 14.1. The molecule has 0 atom stereocenters. The minimum atomic E-state index is -0.744. The molecule has 0 saturated carbocycles. The van der Waals surface area contributed by atoms with Crippen LogP contribution in [0.1, 0.15) is 20.8 Å². The molecule has 7 heteroatoms. The zero-order chi connectivity index (χ0) is 12.3. The van der Waals surface area contributed by atoms with Gasteiger partial charge in [-0.25, -0.2) is 0 Å². The Morgan fingerprint density at radius 1 is 1.69 bits per heavy atom. The van der Waals surface area contributed by atoms with Gasteiger partial charge in [0.25, 0.3) is 0 Å². The van der Waals surface area contributed by atoms with Crippen LogP contribution in [-0.4, -0.2) is 26.3 Å². The third kappa shape index (κ3) is 3.34. The SMILES string of the molecule is CC(=O)OC(C)(C)Cn1ccc([N+](=O)[O-])n1. The lowest BCUT2D eigenvalue weighted by Crippen LogP contribution is -2.32. The Morgan fingerprint density at radius 2 is 2.31 bits per heavy atom. The first-order valence-corrected chi connectivity index (χ1v) is 4.67. The van der Waals surface area contributed by atoms with Gasteiger partial charge in [0.05, 0.1) is 17.4 Å². The molecule has 0 spiro atoms. The number of rotatable bonds is 4. The van der Waals surface area contributed by atoms with Gasteiger partial charge in [0, 0.05) is 6.92 Å². The molecule has 16 heavy (non-hydrogen) atoms. The van der Waals surface area contributed by atoms with Gasteiger partial charge in [-0.1, -0.05) is 0 Å². The summed E-state index contributed by atoms with van der Waals surface area (Å²) in [6.45, 7) is 5.00. The van der Waals surface area contributed by atoms with Crippen LogP contribution in [0.3, 0.4) is 0 Å². The van der Waals surface area contributed by atoms with Gasteiger partial charge in [0.1, 0.15) is 12.1 Å². The smallest absolute Gasteiger partial charge is 0.389 e. The zero-order valence-corrected chi connectivity index (χ0v) is 9.34. The molecular formula is C9H13N3O4. The van der Waals surface area contributed by atoms with E-state index in [-0.39, 0.29) is 12.4 Å². The maximum atomic E-state index is 10.8. The summed E-state index contributed by atoms with van der Waals surface area (Å²) >= 11 is 0. The third-order valence-electron chi connectivity index (χ3n) is 1.78. The zero-order valence-electron chi connectivity index (χ0n) is 9.34. The number of carbonyl (C=O) groups is 1. The Balaban J connectivity index is 2.72. The molecule has 1 aromatic heterocycles. The number of nitrogens with zero attached hydrogens (tertiary/aromatic N) is 3. The van der Waals surface area contributed by atoms with Crippen molar-refractivity contribution < 1.29 is 14.5 Å². The first kappa shape index (κ1) is 12.2. The van der Waals surface area contributed by atoms with Crippen molar-refractivity contribution in [2.24, 2.45) is 0 Å². The second-order valence-corrected chi connectivity index (χ2v) is 3.98. The van der Waals surface area contributed by atoms with Crippen LogP contribution in [0.2, 0.25) is 0 Å². The number of carbonyl (C=O) groups excluding carboxylic acids is 1. The molecule has 7 nitrogen and oxygen atoms in total. The van der Waals surface area contributed by atoms with Crippen molar-refractivity contribution in [2.75, 3.05) is 0 Å². The fraction of sp³-hybridized carbons (Fsp3) is 0.556. The predicted octanol–water partition coefficient (Wildman–Crippen LogP) is 1.13. The molecule has 1 heterocycles. The molecule has 1 aromatic rings. The Kier molecular flexibility index (Phi) is 3.26. The lowest BCUT2D eigenvalue weighted by Gasteiger charge is -2.22. The Labute approximate surface area is 92.2 Å². The lowest BCUT2D eigenvalue weighted by atomic mass is 10.1. The van der Waals surface area contributed by atoms with E-state index in [2.05, 4.69) is 5.10 Å². The van der Waals surface area contributed by atoms with Gasteiger partial charge in [-0.05, 0) is 18.8 Å². The van der Waals surface area contributed by atoms with E-state index < -0.39 is 16.5 Å². The molecule has 0 N–H and O–H groups in total. The third-order valence-corrected chi connectivity index (χ3v) is 1.78. The van der Waals surface area contributed by atoms with Crippen LogP contribution in [0.15, 0.2) is 12.3 Å². The highest BCUT2D eigenvalue weighted by Gasteiger charge is 2.24. The van der Waals surface area contributed by atoms with Gasteiger partial charge in [-0.3, -0.25) is 4.79 Å². The van der Waals surface area contributed by atoms with Gasteiger partial charge in [0.15, 0.2) is 0 Å². The molecule has 0 radical (unpaired) electrons. The van der Waals surface area contributed by atoms with Crippen molar-refractivity contribution >= 4 is 11.8 Å². The number of ether oxygens (including phenoxy) is 1. The number of nitro groups is 1. The topological polar surface area (TPSA) is 87.3 Å². The normalized spacial score (nSPS) is 11.2. The highest BCUT2D eigenvalue weighted by molar-refractivity contribution is 5.66. The van der Waals surface area contributed by atoms with Crippen molar-refractivity contribution in [3.05, 3.63) is 22.4 Å². The molecule has 1 rings (SSSR count). The second-order valence-electron chi connectivity index (χ2n) is 3.98. The van der Waals surface area contributed by atoms with E-state index in [4.69, 9.17) is 4.74 Å². The molecule has 0 bridgehead atoms. The molecule has 0 fully saturated rings. The van der Waals surface area contributed by atoms with Crippen LogP contribution in [-0.2, 0) is 16.1 Å². The highest BCUT2D eigenvalue weighted by atomic mass is 16.6. The molecule has 0 aliphatic rings. The van der Waals surface area contributed by atoms with Crippen LogP contribution in [0.5, 0.6) is 0 Å². The van der Waals surface area contributed by atoms with E-state index in [1.807, 2.05) is 0 Å². The second kappa shape index (κ2) is 4.30. The standard InChI is InChI=1S/C9H13N3O4/c1-7(13)16-9(2,3)6-11-5-4-8(10-11)12(14)15/h4-5H,6H2,1-3H3. The molecule has 0 aliphatic carbocycles. The van der Waals surface area contributed by atoms with E-state index >= 15 is 0 Å². The van der Waals surface area contributed by atoms with Gasteiger partial charge in [-0.15, -0.1) is 0 Å². The van der Waals surface area contributed by atoms with Gasteiger partial charge >= 0.3 is 11.8 Å². The average Bonchev–Trinajstić information content (AvgIpc) is 2.48. The number of hydrogen-bond donors (Lipinski definition) is 0. The predicted molar refractivity (Wildman–Crippen MR) is 54.7 cm³/mol. The first-order chi connectivity index (χ1) is 7.30. The van der Waals surface area contributed by atoms with Crippen molar-refractivity contribution in [3.8, 4) is 0 Å². The minimum Gasteiger partial charge on any atom is -0.458 e. The summed E-state index contributed by atoms with van der Waals surface area (Å²) in [5.74, 6) is -0.620. The number of hydrogen-bond acceptors (Lipinski definition) is 5. The van der Waals surface area contributed by atoms with E-state index in [0.29, 0.717) is 0 Å². The van der Waals surface area contributed by atoms with E-state index in [9.17, 15) is 14.9 Å². The monoisotopic (exact) mass is 227 g/mol. The maximum Gasteiger partial charge on any atom is 0.389 e. The molecular weight excluding hydrogens is 214 g/mol. The van der Waals surface area contributed by atoms with E-state index in [0.717, 1.165) is 0 Å². The average molecular weight is 227 g/mol. The fourth-order valence-electron chi connectivity index (χ4n) is 1.35. The Hall–Kier alpha value is -1.92. The van der Waals surface area contributed by atoms with Crippen LogP contribution >= 0.6 is 0 Å². The first-order valence-electron chi connectivity index (χ1n) is 4.67. The fourth-order valence-corrected chi connectivity index (χ4v) is 1.35.